The summed E-state index contributed by atoms with van der Waals surface area (Å²) in [6, 6.07) is 8.56. The minimum Gasteiger partial charge on any atom is -0.439 e. The summed E-state index contributed by atoms with van der Waals surface area (Å²) in [5.74, 6) is -0.342. The van der Waals surface area contributed by atoms with Crippen LogP contribution in [0.1, 0.15) is 39.2 Å². The molecule has 1 heterocycles. The molecule has 0 unspecified atom stereocenters. The second-order valence-electron chi connectivity index (χ2n) is 6.77. The molecule has 164 valence electrons. The molecule has 0 atom stereocenters. The Morgan fingerprint density at radius 3 is 2.33 bits per heavy atom. The highest BCUT2D eigenvalue weighted by Crippen LogP contribution is 2.21. The Hall–Kier alpha value is -2.23. The molecule has 3 N–H and O–H groups in total. The number of amides is 3. The van der Waals surface area contributed by atoms with Gasteiger partial charge in [-0.1, -0.05) is 37.6 Å². The monoisotopic (exact) mass is 470 g/mol. The van der Waals surface area contributed by atoms with Gasteiger partial charge >= 0.3 is 0 Å². The van der Waals surface area contributed by atoms with Gasteiger partial charge in [-0.2, -0.15) is 11.3 Å². The largest absolute Gasteiger partial charge is 0.439 e. The van der Waals surface area contributed by atoms with Crippen molar-refractivity contribution in [3.8, 4) is 0 Å². The Balaban J connectivity index is 0.000000303. The first-order valence-electron chi connectivity index (χ1n) is 9.12. The average Bonchev–Trinajstić information content (AvgIpc) is 3.08. The second-order valence-corrected chi connectivity index (χ2v) is 9.50. The number of nitrogens with two attached hydrogens (primary N) is 1. The van der Waals surface area contributed by atoms with Crippen molar-refractivity contribution in [2.45, 2.75) is 44.2 Å². The van der Waals surface area contributed by atoms with Crippen molar-refractivity contribution in [1.82, 2.24) is 0 Å². The summed E-state index contributed by atoms with van der Waals surface area (Å²) in [5.41, 5.74) is 6.59. The van der Waals surface area contributed by atoms with E-state index in [2.05, 4.69) is 9.68 Å². The normalized spacial score (nSPS) is 11.5. The zero-order chi connectivity index (χ0) is 22.7. The molecular formula is C20H25ClN3O4S2-. The van der Waals surface area contributed by atoms with Crippen molar-refractivity contribution in [3.63, 3.8) is 0 Å². The quantitative estimate of drug-likeness (QED) is 0.577. The third-order valence-corrected chi connectivity index (χ3v) is 6.11. The zero-order valence-electron chi connectivity index (χ0n) is 17.0. The van der Waals surface area contributed by atoms with Crippen molar-refractivity contribution in [2.75, 3.05) is 5.32 Å². The number of anilines is 1. The smallest absolute Gasteiger partial charge is 0.222 e. The summed E-state index contributed by atoms with van der Waals surface area (Å²) in [5, 5.41) is 4.83. The highest BCUT2D eigenvalue weighted by Gasteiger charge is 2.00. The Labute approximate surface area is 187 Å². The lowest BCUT2D eigenvalue weighted by Gasteiger charge is -2.03. The van der Waals surface area contributed by atoms with Crippen LogP contribution in [0.4, 0.5) is 5.69 Å². The molecule has 1 aromatic heterocycles. The van der Waals surface area contributed by atoms with Gasteiger partial charge in [-0.15, -0.1) is 10.6 Å². The van der Waals surface area contributed by atoms with Gasteiger partial charge in [-0.25, -0.2) is 0 Å². The average molecular weight is 471 g/mol. The topological polar surface area (TPSA) is 119 Å². The molecule has 0 fully saturated rings. The summed E-state index contributed by atoms with van der Waals surface area (Å²) in [6.45, 7) is 5.50. The summed E-state index contributed by atoms with van der Waals surface area (Å²) < 4.78 is 15.7. The Bertz CT molecular complexity index is 914. The number of hydrogen-bond donors (Lipinski definition) is 2. The van der Waals surface area contributed by atoms with E-state index >= 15 is 0 Å². The molecule has 1 aromatic carbocycles. The SMILES string of the molecule is CC(=O)Nc1ccc(CC(N)=O)cc1.CC(C)CCC(=O)N=[S-](=O)c1cc(Cl)cs1. The number of halogens is 1. The van der Waals surface area contributed by atoms with Gasteiger partial charge in [0, 0.05) is 29.4 Å². The third-order valence-electron chi connectivity index (χ3n) is 3.49. The lowest BCUT2D eigenvalue weighted by atomic mass is 10.1. The Morgan fingerprint density at radius 1 is 1.23 bits per heavy atom. The highest BCUT2D eigenvalue weighted by atomic mass is 35.5. The predicted octanol–water partition coefficient (Wildman–Crippen LogP) is 4.54. The molecule has 0 aliphatic heterocycles. The molecule has 30 heavy (non-hydrogen) atoms. The fourth-order valence-corrected chi connectivity index (χ4v) is 4.14. The molecule has 0 radical (unpaired) electrons. The number of carbonyl (C=O) groups excluding carboxylic acids is 3. The van der Waals surface area contributed by atoms with Gasteiger partial charge in [0.05, 0.1) is 6.42 Å². The van der Waals surface area contributed by atoms with Crippen LogP contribution in [0.25, 0.3) is 0 Å². The number of nitrogens with one attached hydrogen (secondary N) is 1. The Morgan fingerprint density at radius 2 is 1.87 bits per heavy atom. The first-order chi connectivity index (χ1) is 14.1. The zero-order valence-corrected chi connectivity index (χ0v) is 19.4. The van der Waals surface area contributed by atoms with Crippen LogP contribution in [-0.4, -0.2) is 17.7 Å². The van der Waals surface area contributed by atoms with Crippen molar-refractivity contribution >= 4 is 56.9 Å². The van der Waals surface area contributed by atoms with Crippen LogP contribution in [0.2, 0.25) is 5.02 Å². The molecule has 0 saturated heterocycles. The van der Waals surface area contributed by atoms with Gasteiger partial charge < -0.3 is 19.6 Å². The van der Waals surface area contributed by atoms with Crippen LogP contribution in [0, 0.1) is 5.92 Å². The highest BCUT2D eigenvalue weighted by molar-refractivity contribution is 7.78. The Kier molecular flexibility index (Phi) is 11.3. The lowest BCUT2D eigenvalue weighted by molar-refractivity contribution is -0.118. The van der Waals surface area contributed by atoms with E-state index in [9.17, 15) is 18.6 Å². The minimum absolute atomic E-state index is 0.118. The van der Waals surface area contributed by atoms with Crippen LogP contribution < -0.4 is 11.1 Å². The standard InChI is InChI=1S/C10H13ClNO2S2.C10H12N2O2/c1-7(2)3-4-9(13)12-16(14)10-5-8(11)6-15-10;1-7(13)12-9-4-2-8(3-5-9)6-10(11)14/h5-7H,3-4H2,1-2H3;2-5H,6H2,1H3,(H2,11,14)(H,12,13)/q-1;. The number of hydrogen-bond acceptors (Lipinski definition) is 6. The van der Waals surface area contributed by atoms with E-state index in [1.807, 2.05) is 13.8 Å². The van der Waals surface area contributed by atoms with Gasteiger partial charge in [0.2, 0.25) is 17.7 Å². The van der Waals surface area contributed by atoms with Gasteiger partial charge in [0.25, 0.3) is 0 Å². The second kappa shape index (κ2) is 13.1. The van der Waals surface area contributed by atoms with Crippen molar-refractivity contribution in [3.05, 3.63) is 46.3 Å². The van der Waals surface area contributed by atoms with Gasteiger partial charge in [-0.05, 0) is 40.3 Å². The summed E-state index contributed by atoms with van der Waals surface area (Å²) >= 11 is 6.94. The van der Waals surface area contributed by atoms with Gasteiger partial charge in [-0.3, -0.25) is 14.4 Å². The lowest BCUT2D eigenvalue weighted by Crippen LogP contribution is -2.13. The van der Waals surface area contributed by atoms with Crippen LogP contribution in [0.15, 0.2) is 44.3 Å². The fourth-order valence-electron chi connectivity index (χ4n) is 2.09. The molecule has 10 heteroatoms. The predicted molar refractivity (Wildman–Crippen MR) is 121 cm³/mol. The maximum absolute atomic E-state index is 11.6. The molecule has 0 aliphatic rings. The summed E-state index contributed by atoms with van der Waals surface area (Å²) in [7, 11) is -1.60. The van der Waals surface area contributed by atoms with Crippen LogP contribution in [0.3, 0.4) is 0 Å². The van der Waals surface area contributed by atoms with Crippen molar-refractivity contribution < 1.29 is 18.6 Å². The van der Waals surface area contributed by atoms with Crippen molar-refractivity contribution in [1.29, 1.82) is 0 Å². The molecular weight excluding hydrogens is 446 g/mol. The van der Waals surface area contributed by atoms with Gasteiger partial charge in [0.15, 0.2) is 0 Å². The first kappa shape index (κ1) is 25.8. The van der Waals surface area contributed by atoms with Crippen molar-refractivity contribution in [2.24, 2.45) is 16.0 Å². The van der Waals surface area contributed by atoms with Crippen LogP contribution in [-0.2, 0) is 35.6 Å². The van der Waals surface area contributed by atoms with Gasteiger partial charge in [0.1, 0.15) is 0 Å². The van der Waals surface area contributed by atoms with E-state index < -0.39 is 10.6 Å². The first-order valence-corrected chi connectivity index (χ1v) is 11.5. The van der Waals surface area contributed by atoms with Crippen LogP contribution in [0.5, 0.6) is 0 Å². The molecule has 0 spiro atoms. The number of carbonyl (C=O) groups is 3. The number of nitrogens with zero attached hydrogens (tertiary/aromatic N) is 1. The molecule has 3 amide bonds. The van der Waals surface area contributed by atoms with E-state index in [0.717, 1.165) is 12.0 Å². The fraction of sp³-hybridized carbons (Fsp3) is 0.350. The molecule has 0 bridgehead atoms. The molecule has 7 nitrogen and oxygen atoms in total. The number of thiophene rings is 1. The third kappa shape index (κ3) is 11.1. The molecule has 0 saturated carbocycles. The van der Waals surface area contributed by atoms with E-state index in [-0.39, 0.29) is 24.1 Å². The molecule has 2 rings (SSSR count). The number of rotatable bonds is 7. The minimum atomic E-state index is -1.60. The van der Waals surface area contributed by atoms with E-state index in [1.165, 1.54) is 18.3 Å². The van der Waals surface area contributed by atoms with E-state index in [4.69, 9.17) is 17.3 Å². The number of primary amides is 1. The van der Waals surface area contributed by atoms with E-state index in [1.54, 1.807) is 35.7 Å². The number of benzene rings is 1. The maximum atomic E-state index is 11.6. The summed E-state index contributed by atoms with van der Waals surface area (Å²) in [4.78, 5) is 32.6. The van der Waals surface area contributed by atoms with E-state index in [0.29, 0.717) is 27.3 Å². The molecule has 2 aromatic rings. The maximum Gasteiger partial charge on any atom is 0.222 e. The summed E-state index contributed by atoms with van der Waals surface area (Å²) in [6.07, 6.45) is 1.34. The van der Waals surface area contributed by atoms with Crippen LogP contribution >= 0.6 is 22.9 Å². The molecule has 0 aliphatic carbocycles.